The van der Waals surface area contributed by atoms with E-state index in [1.165, 1.54) is 0 Å². The van der Waals surface area contributed by atoms with Gasteiger partial charge in [0.15, 0.2) is 0 Å². The molecule has 3 N–H and O–H groups in total. The molecule has 6 nitrogen and oxygen atoms in total. The number of allylic oxidation sites excluding steroid dienone is 2. The number of carbonyl (C=O) groups is 2. The fourth-order valence-electron chi connectivity index (χ4n) is 2.49. The Hall–Kier alpha value is -2.11. The number of carboxylic acids is 1. The average molecular weight is 277 g/mol. The number of amides is 1. The molecule has 6 heteroatoms. The topological polar surface area (TPSA) is 95.1 Å². The van der Waals surface area contributed by atoms with Crippen molar-refractivity contribution in [2.24, 2.45) is 11.8 Å². The zero-order valence-corrected chi connectivity index (χ0v) is 11.4. The molecular weight excluding hydrogens is 258 g/mol. The lowest BCUT2D eigenvalue weighted by Gasteiger charge is -2.26. The number of carbonyl (C=O) groups excluding carboxylic acids is 1. The van der Waals surface area contributed by atoms with Gasteiger partial charge in [-0.2, -0.15) is 0 Å². The molecule has 0 spiro atoms. The largest absolute Gasteiger partial charge is 0.481 e. The molecule has 1 aromatic heterocycles. The number of rotatable bonds is 5. The van der Waals surface area contributed by atoms with Crippen molar-refractivity contribution in [1.82, 2.24) is 15.3 Å². The third-order valence-electron chi connectivity index (χ3n) is 3.66. The highest BCUT2D eigenvalue weighted by molar-refractivity contribution is 5.85. The quantitative estimate of drug-likeness (QED) is 0.713. The maximum atomic E-state index is 12.3. The van der Waals surface area contributed by atoms with Gasteiger partial charge in [-0.25, -0.2) is 4.98 Å². The van der Waals surface area contributed by atoms with E-state index in [9.17, 15) is 14.7 Å². The number of aromatic nitrogens is 2. The zero-order valence-electron chi connectivity index (χ0n) is 11.4. The first-order valence-electron chi connectivity index (χ1n) is 6.81. The molecule has 20 heavy (non-hydrogen) atoms. The van der Waals surface area contributed by atoms with Gasteiger partial charge in [-0.3, -0.25) is 9.59 Å². The molecule has 0 bridgehead atoms. The Labute approximate surface area is 117 Å². The summed E-state index contributed by atoms with van der Waals surface area (Å²) >= 11 is 0. The molecule has 0 saturated carbocycles. The summed E-state index contributed by atoms with van der Waals surface area (Å²) in [7, 11) is 0. The van der Waals surface area contributed by atoms with E-state index >= 15 is 0 Å². The fraction of sp³-hybridized carbons (Fsp3) is 0.500. The van der Waals surface area contributed by atoms with Gasteiger partial charge in [0.2, 0.25) is 5.91 Å². The van der Waals surface area contributed by atoms with Crippen molar-refractivity contribution in [2.45, 2.75) is 32.2 Å². The Bertz CT molecular complexity index is 496. The molecule has 0 radical (unpaired) electrons. The first-order valence-corrected chi connectivity index (χ1v) is 6.81. The predicted octanol–water partition coefficient (Wildman–Crippen LogP) is 1.64. The average Bonchev–Trinajstić information content (AvgIpc) is 2.98. The molecule has 0 saturated heterocycles. The van der Waals surface area contributed by atoms with Gasteiger partial charge in [0.25, 0.3) is 0 Å². The third-order valence-corrected chi connectivity index (χ3v) is 3.66. The van der Waals surface area contributed by atoms with Crippen LogP contribution in [0.2, 0.25) is 0 Å². The van der Waals surface area contributed by atoms with Crippen molar-refractivity contribution in [1.29, 1.82) is 0 Å². The zero-order chi connectivity index (χ0) is 14.5. The van der Waals surface area contributed by atoms with E-state index < -0.39 is 17.8 Å². The van der Waals surface area contributed by atoms with E-state index in [1.807, 2.05) is 19.1 Å². The molecule has 108 valence electrons. The molecule has 0 fully saturated rings. The molecule has 2 rings (SSSR count). The standard InChI is InChI=1S/C14H19N3O3/c1-2-11(12-15-7-8-16-12)17-13(18)9-5-3-4-6-10(9)14(19)20/h3-4,7-11H,2,5-6H2,1H3,(H,15,16)(H,17,18)(H,19,20). The maximum absolute atomic E-state index is 12.3. The van der Waals surface area contributed by atoms with Crippen LogP contribution in [-0.4, -0.2) is 27.0 Å². The van der Waals surface area contributed by atoms with E-state index in [2.05, 4.69) is 15.3 Å². The van der Waals surface area contributed by atoms with Crippen LogP contribution in [0.15, 0.2) is 24.5 Å². The molecule has 0 aliphatic heterocycles. The molecular formula is C14H19N3O3. The minimum atomic E-state index is -0.916. The summed E-state index contributed by atoms with van der Waals surface area (Å²) in [6.07, 6.45) is 8.60. The predicted molar refractivity (Wildman–Crippen MR) is 72.8 cm³/mol. The lowest BCUT2D eigenvalue weighted by Crippen LogP contribution is -2.40. The summed E-state index contributed by atoms with van der Waals surface area (Å²) < 4.78 is 0. The minimum absolute atomic E-state index is 0.210. The highest BCUT2D eigenvalue weighted by Crippen LogP contribution is 2.27. The summed E-state index contributed by atoms with van der Waals surface area (Å²) in [5, 5.41) is 12.1. The van der Waals surface area contributed by atoms with Crippen LogP contribution >= 0.6 is 0 Å². The van der Waals surface area contributed by atoms with Crippen LogP contribution in [0.5, 0.6) is 0 Å². The Kier molecular flexibility index (Phi) is 4.55. The normalized spacial score (nSPS) is 23.2. The second-order valence-corrected chi connectivity index (χ2v) is 4.94. The Morgan fingerprint density at radius 3 is 2.70 bits per heavy atom. The van der Waals surface area contributed by atoms with Crippen molar-refractivity contribution in [3.63, 3.8) is 0 Å². The summed E-state index contributed by atoms with van der Waals surface area (Å²) in [4.78, 5) is 30.7. The second kappa shape index (κ2) is 6.36. The van der Waals surface area contributed by atoms with Crippen LogP contribution < -0.4 is 5.32 Å². The van der Waals surface area contributed by atoms with E-state index in [1.54, 1.807) is 12.4 Å². The molecule has 1 heterocycles. The highest BCUT2D eigenvalue weighted by atomic mass is 16.4. The molecule has 1 aliphatic carbocycles. The van der Waals surface area contributed by atoms with Crippen molar-refractivity contribution in [2.75, 3.05) is 0 Å². The second-order valence-electron chi connectivity index (χ2n) is 4.94. The number of hydrogen-bond donors (Lipinski definition) is 3. The minimum Gasteiger partial charge on any atom is -0.481 e. The van der Waals surface area contributed by atoms with Crippen molar-refractivity contribution in [3.05, 3.63) is 30.4 Å². The fourth-order valence-corrected chi connectivity index (χ4v) is 2.49. The summed E-state index contributed by atoms with van der Waals surface area (Å²) in [5.74, 6) is -1.60. The number of nitrogens with one attached hydrogen (secondary N) is 2. The van der Waals surface area contributed by atoms with Crippen LogP contribution in [0.1, 0.15) is 38.1 Å². The highest BCUT2D eigenvalue weighted by Gasteiger charge is 2.34. The monoisotopic (exact) mass is 277 g/mol. The van der Waals surface area contributed by atoms with Crippen molar-refractivity contribution < 1.29 is 14.7 Å². The van der Waals surface area contributed by atoms with Crippen LogP contribution in [0.3, 0.4) is 0 Å². The van der Waals surface area contributed by atoms with Gasteiger partial charge in [-0.05, 0) is 19.3 Å². The number of carboxylic acid groups (broad SMARTS) is 1. The number of imidazole rings is 1. The number of H-pyrrole nitrogens is 1. The maximum Gasteiger partial charge on any atom is 0.307 e. The SMILES string of the molecule is CCC(NC(=O)C1CC=CCC1C(=O)O)c1ncc[nH]1. The Morgan fingerprint density at radius 1 is 1.45 bits per heavy atom. The number of nitrogens with zero attached hydrogens (tertiary/aromatic N) is 1. The number of aromatic amines is 1. The molecule has 1 aromatic rings. The van der Waals surface area contributed by atoms with Crippen LogP contribution in [0.25, 0.3) is 0 Å². The Balaban J connectivity index is 2.06. The first-order chi connectivity index (χ1) is 9.63. The van der Waals surface area contributed by atoms with Crippen LogP contribution in [-0.2, 0) is 9.59 Å². The van der Waals surface area contributed by atoms with Crippen LogP contribution in [0, 0.1) is 11.8 Å². The van der Waals surface area contributed by atoms with Crippen LogP contribution in [0.4, 0.5) is 0 Å². The Morgan fingerprint density at radius 2 is 2.15 bits per heavy atom. The number of aliphatic carboxylic acids is 1. The van der Waals surface area contributed by atoms with Gasteiger partial charge in [-0.1, -0.05) is 19.1 Å². The molecule has 1 aliphatic rings. The molecule has 3 atom stereocenters. The number of hydrogen-bond acceptors (Lipinski definition) is 3. The molecule has 3 unspecified atom stereocenters. The van der Waals surface area contributed by atoms with Gasteiger partial charge in [-0.15, -0.1) is 0 Å². The molecule has 0 aromatic carbocycles. The van der Waals surface area contributed by atoms with E-state index in [0.29, 0.717) is 25.1 Å². The first kappa shape index (κ1) is 14.3. The van der Waals surface area contributed by atoms with Gasteiger partial charge < -0.3 is 15.4 Å². The van der Waals surface area contributed by atoms with E-state index in [0.717, 1.165) is 0 Å². The lowest BCUT2D eigenvalue weighted by molar-refractivity contribution is -0.147. The summed E-state index contributed by atoms with van der Waals surface area (Å²) in [6, 6.07) is -0.210. The molecule has 1 amide bonds. The van der Waals surface area contributed by atoms with Crippen molar-refractivity contribution in [3.8, 4) is 0 Å². The lowest BCUT2D eigenvalue weighted by atomic mass is 9.82. The third kappa shape index (κ3) is 3.07. The van der Waals surface area contributed by atoms with E-state index in [-0.39, 0.29) is 11.9 Å². The van der Waals surface area contributed by atoms with Crippen molar-refractivity contribution >= 4 is 11.9 Å². The summed E-state index contributed by atoms with van der Waals surface area (Å²) in [5.41, 5.74) is 0. The smallest absolute Gasteiger partial charge is 0.307 e. The van der Waals surface area contributed by atoms with Gasteiger partial charge in [0.05, 0.1) is 17.9 Å². The summed E-state index contributed by atoms with van der Waals surface area (Å²) in [6.45, 7) is 1.95. The van der Waals surface area contributed by atoms with E-state index in [4.69, 9.17) is 0 Å². The van der Waals surface area contributed by atoms with Gasteiger partial charge in [0, 0.05) is 12.4 Å². The van der Waals surface area contributed by atoms with Gasteiger partial charge in [0.1, 0.15) is 5.82 Å². The van der Waals surface area contributed by atoms with Gasteiger partial charge >= 0.3 is 5.97 Å².